The fourth-order valence-corrected chi connectivity index (χ4v) is 2.28. The molecule has 9 heteroatoms. The van der Waals surface area contributed by atoms with Gasteiger partial charge in [-0.25, -0.2) is 0 Å². The van der Waals surface area contributed by atoms with Gasteiger partial charge in [0, 0.05) is 23.7 Å². The highest BCUT2D eigenvalue weighted by Crippen LogP contribution is 2.23. The van der Waals surface area contributed by atoms with Crippen molar-refractivity contribution in [3.63, 3.8) is 0 Å². The molecular formula is C17H15F3N2O4. The van der Waals surface area contributed by atoms with E-state index in [4.69, 9.17) is 0 Å². The second kappa shape index (κ2) is 7.85. The van der Waals surface area contributed by atoms with Crippen molar-refractivity contribution >= 4 is 11.6 Å². The maximum absolute atomic E-state index is 12.1. The van der Waals surface area contributed by atoms with Gasteiger partial charge in [0.2, 0.25) is 0 Å². The quantitative estimate of drug-likeness (QED) is 0.622. The predicted octanol–water partition coefficient (Wildman–Crippen LogP) is 3.77. The zero-order valence-electron chi connectivity index (χ0n) is 13.7. The molecule has 2 aromatic rings. The summed E-state index contributed by atoms with van der Waals surface area (Å²) in [5, 5.41) is 13.4. The Labute approximate surface area is 146 Å². The smallest absolute Gasteiger partial charge is 0.406 e. The first-order valence-corrected chi connectivity index (χ1v) is 7.53. The molecule has 0 bridgehead atoms. The number of nitro groups is 1. The van der Waals surface area contributed by atoms with E-state index in [1.165, 1.54) is 42.5 Å². The van der Waals surface area contributed by atoms with Gasteiger partial charge in [0.1, 0.15) is 5.75 Å². The molecule has 0 saturated carbocycles. The summed E-state index contributed by atoms with van der Waals surface area (Å²) in [4.78, 5) is 22.3. The number of alkyl halides is 3. The third-order valence-electron chi connectivity index (χ3n) is 3.51. The molecule has 0 aliphatic heterocycles. The van der Waals surface area contributed by atoms with E-state index in [9.17, 15) is 28.1 Å². The van der Waals surface area contributed by atoms with E-state index in [-0.39, 0.29) is 23.9 Å². The number of nitrogens with zero attached hydrogens (tertiary/aromatic N) is 1. The molecule has 1 N–H and O–H groups in total. The molecule has 1 amide bonds. The zero-order valence-corrected chi connectivity index (χ0v) is 13.7. The Bertz CT molecular complexity index is 805. The van der Waals surface area contributed by atoms with Crippen LogP contribution in [0.15, 0.2) is 42.5 Å². The van der Waals surface area contributed by atoms with Gasteiger partial charge in [0.25, 0.3) is 11.6 Å². The summed E-state index contributed by atoms with van der Waals surface area (Å²) in [7, 11) is 0. The summed E-state index contributed by atoms with van der Waals surface area (Å²) in [5.74, 6) is -0.702. The number of aryl methyl sites for hydroxylation is 1. The molecule has 0 radical (unpaired) electrons. The van der Waals surface area contributed by atoms with Crippen molar-refractivity contribution in [2.75, 3.05) is 6.54 Å². The summed E-state index contributed by atoms with van der Waals surface area (Å²) >= 11 is 0. The zero-order chi connectivity index (χ0) is 19.3. The van der Waals surface area contributed by atoms with Crippen molar-refractivity contribution in [2.45, 2.75) is 19.7 Å². The van der Waals surface area contributed by atoms with Gasteiger partial charge in [0.15, 0.2) is 0 Å². The maximum atomic E-state index is 12.1. The van der Waals surface area contributed by atoms with Crippen LogP contribution in [-0.4, -0.2) is 23.7 Å². The molecule has 0 aromatic heterocycles. The molecule has 0 saturated heterocycles. The van der Waals surface area contributed by atoms with Gasteiger partial charge in [-0.05, 0) is 43.2 Å². The van der Waals surface area contributed by atoms with E-state index >= 15 is 0 Å². The standard InChI is InChI=1S/C17H15F3N2O4/c1-11-10-13(4-7-15(11)22(24)25)16(23)21-9-8-12-2-5-14(6-3-12)26-17(18,19)20/h2-7,10H,8-9H2,1H3,(H,21,23). The highest BCUT2D eigenvalue weighted by atomic mass is 19.4. The summed E-state index contributed by atoms with van der Waals surface area (Å²) in [6.07, 6.45) is -4.33. The topological polar surface area (TPSA) is 81.5 Å². The Balaban J connectivity index is 1.88. The van der Waals surface area contributed by atoms with Crippen molar-refractivity contribution in [2.24, 2.45) is 0 Å². The van der Waals surface area contributed by atoms with Crippen LogP contribution >= 0.6 is 0 Å². The second-order valence-corrected chi connectivity index (χ2v) is 5.46. The number of rotatable bonds is 6. The molecule has 138 valence electrons. The molecule has 0 aliphatic rings. The monoisotopic (exact) mass is 368 g/mol. The van der Waals surface area contributed by atoms with Gasteiger partial charge in [-0.1, -0.05) is 12.1 Å². The third-order valence-corrected chi connectivity index (χ3v) is 3.51. The molecule has 0 spiro atoms. The van der Waals surface area contributed by atoms with Gasteiger partial charge in [0.05, 0.1) is 4.92 Å². The maximum Gasteiger partial charge on any atom is 0.573 e. The Morgan fingerprint density at radius 3 is 2.38 bits per heavy atom. The number of carbonyl (C=O) groups excluding carboxylic acids is 1. The van der Waals surface area contributed by atoms with Crippen LogP contribution in [0.1, 0.15) is 21.5 Å². The number of amides is 1. The van der Waals surface area contributed by atoms with E-state index in [1.54, 1.807) is 6.92 Å². The largest absolute Gasteiger partial charge is 0.573 e. The number of halogens is 3. The molecular weight excluding hydrogens is 353 g/mol. The molecule has 0 aliphatic carbocycles. The van der Waals surface area contributed by atoms with Crippen molar-refractivity contribution in [1.29, 1.82) is 0 Å². The van der Waals surface area contributed by atoms with Crippen LogP contribution in [0.5, 0.6) is 5.75 Å². The highest BCUT2D eigenvalue weighted by Gasteiger charge is 2.30. The number of hydrogen-bond acceptors (Lipinski definition) is 4. The average molecular weight is 368 g/mol. The fraction of sp³-hybridized carbons (Fsp3) is 0.235. The molecule has 0 fully saturated rings. The van der Waals surface area contributed by atoms with Crippen molar-refractivity contribution in [1.82, 2.24) is 5.32 Å². The molecule has 26 heavy (non-hydrogen) atoms. The number of nitro benzene ring substituents is 1. The van der Waals surface area contributed by atoms with Crippen molar-refractivity contribution in [3.05, 3.63) is 69.3 Å². The van der Waals surface area contributed by atoms with E-state index in [0.717, 1.165) is 5.56 Å². The lowest BCUT2D eigenvalue weighted by atomic mass is 10.1. The van der Waals surface area contributed by atoms with Crippen LogP contribution in [0.4, 0.5) is 18.9 Å². The third kappa shape index (κ3) is 5.47. The Morgan fingerprint density at radius 2 is 1.85 bits per heavy atom. The van der Waals surface area contributed by atoms with Gasteiger partial charge >= 0.3 is 6.36 Å². The number of nitrogens with one attached hydrogen (secondary N) is 1. The van der Waals surface area contributed by atoms with E-state index < -0.39 is 11.3 Å². The van der Waals surface area contributed by atoms with Gasteiger partial charge < -0.3 is 10.1 Å². The first kappa shape index (κ1) is 19.2. The van der Waals surface area contributed by atoms with Crippen LogP contribution in [0, 0.1) is 17.0 Å². The minimum absolute atomic E-state index is 0.0669. The van der Waals surface area contributed by atoms with Crippen molar-refractivity contribution < 1.29 is 27.6 Å². The minimum atomic E-state index is -4.74. The normalized spacial score (nSPS) is 11.1. The summed E-state index contributed by atoms with van der Waals surface area (Å²) < 4.78 is 40.0. The van der Waals surface area contributed by atoms with Gasteiger partial charge in [-0.15, -0.1) is 13.2 Å². The SMILES string of the molecule is Cc1cc(C(=O)NCCc2ccc(OC(F)(F)F)cc2)ccc1[N+](=O)[O-]. The number of hydrogen-bond donors (Lipinski definition) is 1. The van der Waals surface area contributed by atoms with Crippen molar-refractivity contribution in [3.8, 4) is 5.75 Å². The van der Waals surface area contributed by atoms with Crippen LogP contribution in [-0.2, 0) is 6.42 Å². The van der Waals surface area contributed by atoms with E-state index in [2.05, 4.69) is 10.1 Å². The summed E-state index contributed by atoms with van der Waals surface area (Å²) in [5.41, 5.74) is 1.33. The highest BCUT2D eigenvalue weighted by molar-refractivity contribution is 5.94. The lowest BCUT2D eigenvalue weighted by Gasteiger charge is -2.10. The van der Waals surface area contributed by atoms with Crippen LogP contribution in [0.25, 0.3) is 0 Å². The molecule has 2 aromatic carbocycles. The number of benzene rings is 2. The average Bonchev–Trinajstić information content (AvgIpc) is 2.54. The van der Waals surface area contributed by atoms with Gasteiger partial charge in [-0.2, -0.15) is 0 Å². The minimum Gasteiger partial charge on any atom is -0.406 e. The van der Waals surface area contributed by atoms with E-state index in [1.807, 2.05) is 0 Å². The molecule has 0 unspecified atom stereocenters. The first-order chi connectivity index (χ1) is 12.2. The molecule has 0 heterocycles. The lowest BCUT2D eigenvalue weighted by molar-refractivity contribution is -0.385. The lowest BCUT2D eigenvalue weighted by Crippen LogP contribution is -2.25. The van der Waals surface area contributed by atoms with Gasteiger partial charge in [-0.3, -0.25) is 14.9 Å². The summed E-state index contributed by atoms with van der Waals surface area (Å²) in [6, 6.07) is 9.41. The van der Waals surface area contributed by atoms with Crippen LogP contribution in [0.3, 0.4) is 0 Å². The Hall–Kier alpha value is -3.10. The first-order valence-electron chi connectivity index (χ1n) is 7.53. The predicted molar refractivity (Wildman–Crippen MR) is 87.0 cm³/mol. The molecule has 6 nitrogen and oxygen atoms in total. The molecule has 2 rings (SSSR count). The number of carbonyl (C=O) groups is 1. The van der Waals surface area contributed by atoms with Crippen LogP contribution in [0.2, 0.25) is 0 Å². The Kier molecular flexibility index (Phi) is 5.81. The Morgan fingerprint density at radius 1 is 1.19 bits per heavy atom. The summed E-state index contributed by atoms with van der Waals surface area (Å²) in [6.45, 7) is 1.80. The number of ether oxygens (including phenoxy) is 1. The fourth-order valence-electron chi connectivity index (χ4n) is 2.28. The molecule has 0 atom stereocenters. The van der Waals surface area contributed by atoms with Crippen LogP contribution < -0.4 is 10.1 Å². The van der Waals surface area contributed by atoms with E-state index in [0.29, 0.717) is 17.5 Å². The second-order valence-electron chi connectivity index (χ2n) is 5.46.